The van der Waals surface area contributed by atoms with Gasteiger partial charge in [-0.05, 0) is 18.1 Å². The Balaban J connectivity index is 1.56. The second-order valence-electron chi connectivity index (χ2n) is 5.44. The van der Waals surface area contributed by atoms with Gasteiger partial charge in [0.05, 0.1) is 5.69 Å². The van der Waals surface area contributed by atoms with E-state index in [2.05, 4.69) is 14.9 Å². The molecular formula is C15H15ClN4O2. The molecule has 6 nitrogen and oxygen atoms in total. The van der Waals surface area contributed by atoms with Crippen LogP contribution in [0.5, 0.6) is 11.5 Å². The maximum Gasteiger partial charge on any atom is 0.231 e. The molecule has 0 amide bonds. The van der Waals surface area contributed by atoms with E-state index in [-0.39, 0.29) is 6.79 Å². The van der Waals surface area contributed by atoms with Crippen molar-refractivity contribution in [1.29, 1.82) is 0 Å². The summed E-state index contributed by atoms with van der Waals surface area (Å²) in [5.74, 6) is 2.05. The van der Waals surface area contributed by atoms with Crippen molar-refractivity contribution in [2.24, 2.45) is 0 Å². The molecule has 3 heterocycles. The van der Waals surface area contributed by atoms with E-state index in [4.69, 9.17) is 26.8 Å². The molecule has 0 saturated carbocycles. The maximum atomic E-state index is 6.34. The van der Waals surface area contributed by atoms with Crippen LogP contribution in [-0.4, -0.2) is 28.2 Å². The highest BCUT2D eigenvalue weighted by Crippen LogP contribution is 2.37. The molecule has 22 heavy (non-hydrogen) atoms. The lowest BCUT2D eigenvalue weighted by Crippen LogP contribution is -2.31. The molecule has 2 aliphatic heterocycles. The van der Waals surface area contributed by atoms with Crippen molar-refractivity contribution in [3.05, 3.63) is 40.3 Å². The maximum absolute atomic E-state index is 6.34. The first kappa shape index (κ1) is 13.6. The summed E-state index contributed by atoms with van der Waals surface area (Å²) >= 11 is 6.34. The molecule has 114 valence electrons. The SMILES string of the molecule is Nc1ncnc2c1CCN(Cc1cc3c(cc1Cl)OCO3)C2. The van der Waals surface area contributed by atoms with Crippen molar-refractivity contribution in [3.63, 3.8) is 0 Å². The Kier molecular flexibility index (Phi) is 3.28. The third-order valence-electron chi connectivity index (χ3n) is 4.05. The molecule has 7 heteroatoms. The van der Waals surface area contributed by atoms with Crippen molar-refractivity contribution < 1.29 is 9.47 Å². The van der Waals surface area contributed by atoms with E-state index in [1.165, 1.54) is 6.33 Å². The van der Waals surface area contributed by atoms with Crippen LogP contribution in [0.25, 0.3) is 0 Å². The number of ether oxygens (including phenoxy) is 2. The van der Waals surface area contributed by atoms with Gasteiger partial charge in [-0.25, -0.2) is 9.97 Å². The number of aromatic nitrogens is 2. The van der Waals surface area contributed by atoms with Gasteiger partial charge in [0.2, 0.25) is 6.79 Å². The van der Waals surface area contributed by atoms with Gasteiger partial charge in [0.1, 0.15) is 12.1 Å². The summed E-state index contributed by atoms with van der Waals surface area (Å²) in [5.41, 5.74) is 8.99. The number of hydrogen-bond acceptors (Lipinski definition) is 6. The second-order valence-corrected chi connectivity index (χ2v) is 5.85. The van der Waals surface area contributed by atoms with Gasteiger partial charge in [-0.1, -0.05) is 11.6 Å². The number of nitrogen functional groups attached to an aromatic ring is 1. The highest BCUT2D eigenvalue weighted by Gasteiger charge is 2.22. The number of halogens is 1. The lowest BCUT2D eigenvalue weighted by molar-refractivity contribution is 0.174. The minimum Gasteiger partial charge on any atom is -0.454 e. The van der Waals surface area contributed by atoms with E-state index in [9.17, 15) is 0 Å². The molecule has 1 aromatic carbocycles. The topological polar surface area (TPSA) is 73.5 Å². The molecule has 0 unspecified atom stereocenters. The lowest BCUT2D eigenvalue weighted by Gasteiger charge is -2.28. The Morgan fingerprint density at radius 3 is 2.91 bits per heavy atom. The number of anilines is 1. The van der Waals surface area contributed by atoms with Crippen LogP contribution in [0, 0.1) is 0 Å². The third kappa shape index (κ3) is 2.34. The van der Waals surface area contributed by atoms with Crippen molar-refractivity contribution in [2.45, 2.75) is 19.5 Å². The normalized spacial score (nSPS) is 16.6. The quantitative estimate of drug-likeness (QED) is 0.913. The van der Waals surface area contributed by atoms with Crippen LogP contribution in [0.15, 0.2) is 18.5 Å². The van der Waals surface area contributed by atoms with Gasteiger partial charge in [0, 0.05) is 36.3 Å². The Morgan fingerprint density at radius 2 is 2.05 bits per heavy atom. The molecule has 0 spiro atoms. The molecule has 4 rings (SSSR count). The third-order valence-corrected chi connectivity index (χ3v) is 4.41. The predicted octanol–water partition coefficient (Wildman–Crippen LogP) is 2.00. The highest BCUT2D eigenvalue weighted by atomic mass is 35.5. The van der Waals surface area contributed by atoms with Crippen LogP contribution in [-0.2, 0) is 19.5 Å². The van der Waals surface area contributed by atoms with Gasteiger partial charge in [0.15, 0.2) is 11.5 Å². The fourth-order valence-electron chi connectivity index (χ4n) is 2.89. The van der Waals surface area contributed by atoms with Gasteiger partial charge in [-0.15, -0.1) is 0 Å². The zero-order valence-electron chi connectivity index (χ0n) is 11.9. The largest absolute Gasteiger partial charge is 0.454 e. The zero-order valence-corrected chi connectivity index (χ0v) is 12.6. The highest BCUT2D eigenvalue weighted by molar-refractivity contribution is 6.31. The number of benzene rings is 1. The fourth-order valence-corrected chi connectivity index (χ4v) is 3.10. The number of rotatable bonds is 2. The van der Waals surface area contributed by atoms with E-state index < -0.39 is 0 Å². The molecule has 0 atom stereocenters. The van der Waals surface area contributed by atoms with E-state index in [0.717, 1.165) is 48.6 Å². The number of hydrogen-bond donors (Lipinski definition) is 1. The summed E-state index contributed by atoms with van der Waals surface area (Å²) in [4.78, 5) is 10.7. The van der Waals surface area contributed by atoms with Crippen LogP contribution in [0.1, 0.15) is 16.8 Å². The van der Waals surface area contributed by atoms with Gasteiger partial charge < -0.3 is 15.2 Å². The molecular weight excluding hydrogens is 304 g/mol. The molecule has 0 aliphatic carbocycles. The van der Waals surface area contributed by atoms with Crippen LogP contribution in [0.3, 0.4) is 0 Å². The first-order chi connectivity index (χ1) is 10.7. The minimum absolute atomic E-state index is 0.252. The molecule has 0 bridgehead atoms. The molecule has 0 saturated heterocycles. The molecule has 0 radical (unpaired) electrons. The summed E-state index contributed by atoms with van der Waals surface area (Å²) < 4.78 is 10.8. The summed E-state index contributed by atoms with van der Waals surface area (Å²) in [5, 5.41) is 0.692. The van der Waals surface area contributed by atoms with Crippen molar-refractivity contribution >= 4 is 17.4 Å². The lowest BCUT2D eigenvalue weighted by atomic mass is 10.0. The molecule has 2 aromatic rings. The monoisotopic (exact) mass is 318 g/mol. The molecule has 2 aliphatic rings. The number of nitrogens with two attached hydrogens (primary N) is 1. The van der Waals surface area contributed by atoms with Gasteiger partial charge >= 0.3 is 0 Å². The predicted molar refractivity (Wildman–Crippen MR) is 81.8 cm³/mol. The Hall–Kier alpha value is -2.05. The Bertz CT molecular complexity index is 738. The van der Waals surface area contributed by atoms with Gasteiger partial charge in [-0.2, -0.15) is 0 Å². The van der Waals surface area contributed by atoms with E-state index in [1.807, 2.05) is 12.1 Å². The molecule has 2 N–H and O–H groups in total. The second kappa shape index (κ2) is 5.30. The van der Waals surface area contributed by atoms with Crippen LogP contribution < -0.4 is 15.2 Å². The molecule has 0 fully saturated rings. The fraction of sp³-hybridized carbons (Fsp3) is 0.333. The smallest absolute Gasteiger partial charge is 0.231 e. The average Bonchev–Trinajstić information content (AvgIpc) is 2.95. The summed E-state index contributed by atoms with van der Waals surface area (Å²) in [6, 6.07) is 3.77. The van der Waals surface area contributed by atoms with E-state index in [0.29, 0.717) is 16.6 Å². The zero-order chi connectivity index (χ0) is 15.1. The summed E-state index contributed by atoms with van der Waals surface area (Å²) in [6.45, 7) is 2.63. The van der Waals surface area contributed by atoms with Crippen molar-refractivity contribution in [1.82, 2.24) is 14.9 Å². The van der Waals surface area contributed by atoms with Crippen molar-refractivity contribution in [2.75, 3.05) is 19.1 Å². The van der Waals surface area contributed by atoms with Crippen molar-refractivity contribution in [3.8, 4) is 11.5 Å². The minimum atomic E-state index is 0.252. The Morgan fingerprint density at radius 1 is 1.23 bits per heavy atom. The summed E-state index contributed by atoms with van der Waals surface area (Å²) in [6.07, 6.45) is 2.37. The van der Waals surface area contributed by atoms with E-state index >= 15 is 0 Å². The first-order valence-corrected chi connectivity index (χ1v) is 7.47. The summed E-state index contributed by atoms with van der Waals surface area (Å²) in [7, 11) is 0. The van der Waals surface area contributed by atoms with Crippen LogP contribution in [0.4, 0.5) is 5.82 Å². The van der Waals surface area contributed by atoms with E-state index in [1.54, 1.807) is 0 Å². The van der Waals surface area contributed by atoms with Gasteiger partial charge in [-0.3, -0.25) is 4.90 Å². The van der Waals surface area contributed by atoms with Crippen LogP contribution >= 0.6 is 11.6 Å². The first-order valence-electron chi connectivity index (χ1n) is 7.09. The molecule has 1 aromatic heterocycles. The van der Waals surface area contributed by atoms with Crippen LogP contribution in [0.2, 0.25) is 5.02 Å². The number of nitrogens with zero attached hydrogens (tertiary/aromatic N) is 3. The standard InChI is InChI=1S/C15H15ClN4O2/c16-11-4-14-13(21-8-22-14)3-9(11)5-20-2-1-10-12(6-20)18-7-19-15(10)17/h3-4,7H,1-2,5-6,8H2,(H2,17,18,19). The Labute approximate surface area is 132 Å². The van der Waals surface area contributed by atoms with Gasteiger partial charge in [0.25, 0.3) is 0 Å². The average molecular weight is 319 g/mol. The number of fused-ring (bicyclic) bond motifs is 2.